The molecule has 2 unspecified atom stereocenters. The van der Waals surface area contributed by atoms with E-state index >= 15 is 0 Å². The molecule has 0 radical (unpaired) electrons. The standard InChI is InChI=1S/C16H23BrFNS/c1-3-8-19-15(16(2)7-4-9-20-16)10-12-5-6-13(17)11-14(12)18/h5-6,11,15,19H,3-4,7-10H2,1-2H3. The van der Waals surface area contributed by atoms with Crippen molar-refractivity contribution in [1.29, 1.82) is 0 Å². The Balaban J connectivity index is 2.14. The Morgan fingerprint density at radius 1 is 1.50 bits per heavy atom. The van der Waals surface area contributed by atoms with E-state index < -0.39 is 0 Å². The lowest BCUT2D eigenvalue weighted by molar-refractivity contribution is 0.394. The van der Waals surface area contributed by atoms with Gasteiger partial charge in [-0.15, -0.1) is 0 Å². The summed E-state index contributed by atoms with van der Waals surface area (Å²) in [5, 5.41) is 3.64. The Morgan fingerprint density at radius 3 is 2.90 bits per heavy atom. The van der Waals surface area contributed by atoms with Gasteiger partial charge in [0.15, 0.2) is 0 Å². The van der Waals surface area contributed by atoms with Crippen molar-refractivity contribution in [2.75, 3.05) is 12.3 Å². The molecule has 1 heterocycles. The van der Waals surface area contributed by atoms with Crippen molar-refractivity contribution in [3.63, 3.8) is 0 Å². The van der Waals surface area contributed by atoms with Gasteiger partial charge in [-0.1, -0.05) is 28.9 Å². The van der Waals surface area contributed by atoms with Gasteiger partial charge in [-0.3, -0.25) is 0 Å². The van der Waals surface area contributed by atoms with E-state index in [1.807, 2.05) is 23.9 Å². The van der Waals surface area contributed by atoms with E-state index in [-0.39, 0.29) is 10.6 Å². The molecule has 1 saturated heterocycles. The third-order valence-electron chi connectivity index (χ3n) is 4.07. The van der Waals surface area contributed by atoms with Crippen LogP contribution in [0.2, 0.25) is 0 Å². The topological polar surface area (TPSA) is 12.0 Å². The van der Waals surface area contributed by atoms with Crippen LogP contribution in [0.15, 0.2) is 22.7 Å². The molecular weight excluding hydrogens is 337 g/mol. The summed E-state index contributed by atoms with van der Waals surface area (Å²) in [5.74, 6) is 1.12. The largest absolute Gasteiger partial charge is 0.312 e. The van der Waals surface area contributed by atoms with Crippen molar-refractivity contribution in [2.24, 2.45) is 0 Å². The van der Waals surface area contributed by atoms with Crippen LogP contribution in [0.5, 0.6) is 0 Å². The summed E-state index contributed by atoms with van der Waals surface area (Å²) < 4.78 is 15.1. The molecule has 0 spiro atoms. The van der Waals surface area contributed by atoms with Gasteiger partial charge < -0.3 is 5.32 Å². The molecule has 1 fully saturated rings. The fourth-order valence-electron chi connectivity index (χ4n) is 2.81. The highest BCUT2D eigenvalue weighted by Crippen LogP contribution is 2.41. The van der Waals surface area contributed by atoms with Gasteiger partial charge in [0.05, 0.1) is 0 Å². The maximum atomic E-state index is 14.1. The monoisotopic (exact) mass is 359 g/mol. The molecule has 0 aliphatic carbocycles. The molecule has 2 rings (SSSR count). The highest BCUT2D eigenvalue weighted by Gasteiger charge is 2.37. The minimum Gasteiger partial charge on any atom is -0.312 e. The van der Waals surface area contributed by atoms with E-state index in [1.54, 1.807) is 6.07 Å². The second-order valence-corrected chi connectivity index (χ2v) is 8.26. The first kappa shape index (κ1) is 16.3. The highest BCUT2D eigenvalue weighted by molar-refractivity contribution is 9.10. The van der Waals surface area contributed by atoms with Crippen molar-refractivity contribution in [1.82, 2.24) is 5.32 Å². The zero-order chi connectivity index (χ0) is 14.6. The number of thioether (sulfide) groups is 1. The van der Waals surface area contributed by atoms with E-state index in [0.717, 1.165) is 29.4 Å². The number of rotatable bonds is 6. The van der Waals surface area contributed by atoms with Crippen LogP contribution in [0.25, 0.3) is 0 Å². The summed E-state index contributed by atoms with van der Waals surface area (Å²) in [5.41, 5.74) is 0.815. The quantitative estimate of drug-likeness (QED) is 0.783. The molecule has 1 aromatic carbocycles. The van der Waals surface area contributed by atoms with Crippen LogP contribution in [0.4, 0.5) is 4.39 Å². The lowest BCUT2D eigenvalue weighted by Crippen LogP contribution is -2.47. The summed E-state index contributed by atoms with van der Waals surface area (Å²) in [4.78, 5) is 0. The number of hydrogen-bond donors (Lipinski definition) is 1. The second-order valence-electron chi connectivity index (χ2n) is 5.71. The Kier molecular flexibility index (Phi) is 5.94. The predicted molar refractivity (Wildman–Crippen MR) is 90.0 cm³/mol. The van der Waals surface area contributed by atoms with Crippen molar-refractivity contribution in [3.8, 4) is 0 Å². The molecule has 2 atom stereocenters. The molecule has 20 heavy (non-hydrogen) atoms. The SMILES string of the molecule is CCCNC(Cc1ccc(Br)cc1F)C1(C)CCCS1. The minimum atomic E-state index is -0.103. The molecule has 0 bridgehead atoms. The molecule has 0 aromatic heterocycles. The zero-order valence-electron chi connectivity index (χ0n) is 12.2. The van der Waals surface area contributed by atoms with Crippen molar-refractivity contribution < 1.29 is 4.39 Å². The number of halogens is 2. The number of nitrogens with one attached hydrogen (secondary N) is 1. The smallest absolute Gasteiger partial charge is 0.127 e. The molecule has 4 heteroatoms. The van der Waals surface area contributed by atoms with Gasteiger partial charge in [0.25, 0.3) is 0 Å². The van der Waals surface area contributed by atoms with Gasteiger partial charge in [-0.05, 0) is 62.6 Å². The first-order valence-corrected chi connectivity index (χ1v) is 9.14. The number of benzene rings is 1. The fraction of sp³-hybridized carbons (Fsp3) is 0.625. The molecule has 1 N–H and O–H groups in total. The first-order chi connectivity index (χ1) is 9.55. The Bertz CT molecular complexity index is 446. The molecule has 1 aromatic rings. The summed E-state index contributed by atoms with van der Waals surface area (Å²) in [6.07, 6.45) is 4.37. The average Bonchev–Trinajstić information content (AvgIpc) is 2.84. The van der Waals surface area contributed by atoms with Gasteiger partial charge in [0, 0.05) is 15.3 Å². The van der Waals surface area contributed by atoms with Crippen LogP contribution in [0, 0.1) is 5.82 Å². The highest BCUT2D eigenvalue weighted by atomic mass is 79.9. The van der Waals surface area contributed by atoms with Crippen LogP contribution < -0.4 is 5.32 Å². The Hall–Kier alpha value is -0.0600. The molecule has 1 aliphatic heterocycles. The van der Waals surface area contributed by atoms with E-state index in [4.69, 9.17) is 0 Å². The van der Waals surface area contributed by atoms with E-state index in [1.165, 1.54) is 18.6 Å². The van der Waals surface area contributed by atoms with E-state index in [9.17, 15) is 4.39 Å². The van der Waals surface area contributed by atoms with Crippen LogP contribution in [0.3, 0.4) is 0 Å². The van der Waals surface area contributed by atoms with Crippen LogP contribution in [-0.4, -0.2) is 23.1 Å². The predicted octanol–water partition coefficient (Wildman–Crippen LogP) is 4.78. The maximum absolute atomic E-state index is 14.1. The van der Waals surface area contributed by atoms with Gasteiger partial charge in [-0.25, -0.2) is 4.39 Å². The zero-order valence-corrected chi connectivity index (χ0v) is 14.6. The van der Waals surface area contributed by atoms with Crippen molar-refractivity contribution in [2.45, 2.75) is 50.3 Å². The lowest BCUT2D eigenvalue weighted by atomic mass is 9.90. The summed E-state index contributed by atoms with van der Waals surface area (Å²) in [6.45, 7) is 5.50. The molecule has 0 amide bonds. The third-order valence-corrected chi connectivity index (χ3v) is 6.20. The van der Waals surface area contributed by atoms with Crippen LogP contribution >= 0.6 is 27.7 Å². The molecule has 112 valence electrons. The van der Waals surface area contributed by atoms with Gasteiger partial charge in [0.2, 0.25) is 0 Å². The van der Waals surface area contributed by atoms with Crippen molar-refractivity contribution in [3.05, 3.63) is 34.1 Å². The van der Waals surface area contributed by atoms with Gasteiger partial charge in [0.1, 0.15) is 5.82 Å². The average molecular weight is 360 g/mol. The lowest BCUT2D eigenvalue weighted by Gasteiger charge is -2.34. The van der Waals surface area contributed by atoms with Gasteiger partial charge >= 0.3 is 0 Å². The first-order valence-electron chi connectivity index (χ1n) is 7.36. The Labute approximate surface area is 134 Å². The van der Waals surface area contributed by atoms with Crippen LogP contribution in [0.1, 0.15) is 38.7 Å². The van der Waals surface area contributed by atoms with Crippen LogP contribution in [-0.2, 0) is 6.42 Å². The Morgan fingerprint density at radius 2 is 2.30 bits per heavy atom. The molecule has 1 nitrogen and oxygen atoms in total. The second kappa shape index (κ2) is 7.28. The summed E-state index contributed by atoms with van der Waals surface area (Å²) in [6, 6.07) is 5.74. The third kappa shape index (κ3) is 3.99. The summed E-state index contributed by atoms with van der Waals surface area (Å²) >= 11 is 5.36. The maximum Gasteiger partial charge on any atom is 0.127 e. The van der Waals surface area contributed by atoms with E-state index in [2.05, 4.69) is 35.1 Å². The minimum absolute atomic E-state index is 0.103. The summed E-state index contributed by atoms with van der Waals surface area (Å²) in [7, 11) is 0. The molecule has 1 aliphatic rings. The van der Waals surface area contributed by atoms with E-state index in [0.29, 0.717) is 6.04 Å². The normalized spacial score (nSPS) is 24.0. The molecule has 0 saturated carbocycles. The molecular formula is C16H23BrFNS. The fourth-order valence-corrected chi connectivity index (χ4v) is 4.55. The number of hydrogen-bond acceptors (Lipinski definition) is 2. The van der Waals surface area contributed by atoms with Gasteiger partial charge in [-0.2, -0.15) is 11.8 Å². The van der Waals surface area contributed by atoms with Crippen molar-refractivity contribution >= 4 is 27.7 Å².